The first-order chi connectivity index (χ1) is 12.5. The van der Waals surface area contributed by atoms with E-state index in [1.807, 2.05) is 6.20 Å². The summed E-state index contributed by atoms with van der Waals surface area (Å²) in [7, 11) is 0. The molecule has 0 radical (unpaired) electrons. The molecule has 0 bridgehead atoms. The topological polar surface area (TPSA) is 91.3 Å². The number of pyridine rings is 1. The highest BCUT2D eigenvalue weighted by molar-refractivity contribution is 5.79. The summed E-state index contributed by atoms with van der Waals surface area (Å²) in [5, 5.41) is 13.7. The van der Waals surface area contributed by atoms with Gasteiger partial charge in [0.2, 0.25) is 5.91 Å². The van der Waals surface area contributed by atoms with Gasteiger partial charge in [0, 0.05) is 62.8 Å². The van der Waals surface area contributed by atoms with Crippen LogP contribution < -0.4 is 10.6 Å². The fraction of sp³-hybridized carbons (Fsp3) is 0.350. The van der Waals surface area contributed by atoms with Crippen molar-refractivity contribution in [3.05, 3.63) is 53.3 Å². The molecule has 2 aliphatic rings. The van der Waals surface area contributed by atoms with E-state index < -0.39 is 5.97 Å². The number of hydrogen-bond donors (Lipinski definition) is 3. The second-order valence-electron chi connectivity index (χ2n) is 6.60. The van der Waals surface area contributed by atoms with Crippen molar-refractivity contribution in [2.75, 3.05) is 13.1 Å². The van der Waals surface area contributed by atoms with Crippen molar-refractivity contribution in [3.8, 4) is 11.1 Å². The van der Waals surface area contributed by atoms with Crippen molar-refractivity contribution in [2.45, 2.75) is 32.2 Å². The summed E-state index contributed by atoms with van der Waals surface area (Å²) < 4.78 is 0. The van der Waals surface area contributed by atoms with E-state index in [4.69, 9.17) is 9.90 Å². The average Bonchev–Trinajstić information content (AvgIpc) is 3.07. The molecule has 0 aliphatic carbocycles. The van der Waals surface area contributed by atoms with Crippen molar-refractivity contribution in [2.24, 2.45) is 0 Å². The minimum absolute atomic E-state index is 0.153. The zero-order chi connectivity index (χ0) is 18.5. The van der Waals surface area contributed by atoms with Gasteiger partial charge in [0.1, 0.15) is 0 Å². The van der Waals surface area contributed by atoms with Crippen LogP contribution in [0.5, 0.6) is 0 Å². The van der Waals surface area contributed by atoms with Gasteiger partial charge >= 0.3 is 0 Å². The second kappa shape index (κ2) is 8.10. The van der Waals surface area contributed by atoms with Gasteiger partial charge in [-0.25, -0.2) is 0 Å². The highest BCUT2D eigenvalue weighted by Crippen LogP contribution is 2.27. The Kier molecular flexibility index (Phi) is 5.63. The maximum atomic E-state index is 11.3. The van der Waals surface area contributed by atoms with Crippen LogP contribution in [0.2, 0.25) is 0 Å². The van der Waals surface area contributed by atoms with E-state index in [0.717, 1.165) is 38.5 Å². The number of benzene rings is 1. The molecule has 1 fully saturated rings. The number of nitrogens with zero attached hydrogens (tertiary/aromatic N) is 1. The Morgan fingerprint density at radius 1 is 1.23 bits per heavy atom. The monoisotopic (exact) mass is 353 g/mol. The lowest BCUT2D eigenvalue weighted by Crippen LogP contribution is -2.24. The third-order valence-electron chi connectivity index (χ3n) is 4.61. The number of carbonyl (C=O) groups is 2. The van der Waals surface area contributed by atoms with Crippen LogP contribution in [0.15, 0.2) is 36.5 Å². The third kappa shape index (κ3) is 4.46. The molecular weight excluding hydrogens is 330 g/mol. The lowest BCUT2D eigenvalue weighted by atomic mass is 9.95. The number of aliphatic carboxylic acids is 1. The first kappa shape index (κ1) is 18.1. The number of nitrogens with one attached hydrogen (secondary N) is 2. The number of aromatic nitrogens is 1. The van der Waals surface area contributed by atoms with Crippen LogP contribution in [0.3, 0.4) is 0 Å². The zero-order valence-corrected chi connectivity index (χ0v) is 14.8. The molecule has 0 saturated carbocycles. The molecule has 26 heavy (non-hydrogen) atoms. The molecule has 2 aliphatic heterocycles. The van der Waals surface area contributed by atoms with Crippen LogP contribution in [0.4, 0.5) is 0 Å². The summed E-state index contributed by atoms with van der Waals surface area (Å²) in [6.07, 6.45) is 3.59. The smallest absolute Gasteiger partial charge is 0.300 e. The molecule has 1 atom stereocenters. The minimum atomic E-state index is -0.833. The van der Waals surface area contributed by atoms with Crippen molar-refractivity contribution in [3.63, 3.8) is 0 Å². The van der Waals surface area contributed by atoms with Crippen LogP contribution >= 0.6 is 0 Å². The predicted octanol–water partition coefficient (Wildman–Crippen LogP) is 2.09. The summed E-state index contributed by atoms with van der Waals surface area (Å²) in [5.41, 5.74) is 6.10. The molecule has 6 heteroatoms. The zero-order valence-electron chi connectivity index (χ0n) is 14.8. The molecule has 136 valence electrons. The van der Waals surface area contributed by atoms with Crippen LogP contribution in [-0.2, 0) is 22.6 Å². The molecule has 1 unspecified atom stereocenters. The van der Waals surface area contributed by atoms with Crippen molar-refractivity contribution >= 4 is 11.9 Å². The summed E-state index contributed by atoms with van der Waals surface area (Å²) >= 11 is 0. The molecule has 3 N–H and O–H groups in total. The third-order valence-corrected chi connectivity index (χ3v) is 4.61. The van der Waals surface area contributed by atoms with Gasteiger partial charge in [0.05, 0.1) is 0 Å². The predicted molar refractivity (Wildman–Crippen MR) is 98.8 cm³/mol. The Bertz CT molecular complexity index is 798. The first-order valence-corrected chi connectivity index (χ1v) is 8.78. The van der Waals surface area contributed by atoms with Gasteiger partial charge < -0.3 is 15.7 Å². The maximum absolute atomic E-state index is 11.3. The van der Waals surface area contributed by atoms with Crippen molar-refractivity contribution in [1.29, 1.82) is 0 Å². The fourth-order valence-electron chi connectivity index (χ4n) is 3.29. The van der Waals surface area contributed by atoms with E-state index in [9.17, 15) is 4.79 Å². The van der Waals surface area contributed by atoms with Crippen LogP contribution in [-0.4, -0.2) is 35.1 Å². The quantitative estimate of drug-likeness (QED) is 0.769. The van der Waals surface area contributed by atoms with E-state index in [1.165, 1.54) is 22.4 Å². The Hall–Kier alpha value is -2.73. The number of carboxylic acids is 1. The SMILES string of the molecule is CC(=O)O.O=C1CC(c2ccc(-c3cnc4c(c3)CNCC4)cc2)CN1. The molecule has 3 heterocycles. The Morgan fingerprint density at radius 3 is 2.62 bits per heavy atom. The number of rotatable bonds is 2. The summed E-state index contributed by atoms with van der Waals surface area (Å²) in [5.74, 6) is -0.368. The van der Waals surface area contributed by atoms with Gasteiger partial charge in [-0.1, -0.05) is 24.3 Å². The molecule has 1 saturated heterocycles. The average molecular weight is 353 g/mol. The van der Waals surface area contributed by atoms with Crippen LogP contribution in [0.25, 0.3) is 11.1 Å². The number of amides is 1. The second-order valence-corrected chi connectivity index (χ2v) is 6.60. The Balaban J connectivity index is 0.000000447. The number of hydrogen-bond acceptors (Lipinski definition) is 4. The van der Waals surface area contributed by atoms with Crippen LogP contribution in [0, 0.1) is 0 Å². The molecule has 0 spiro atoms. The van der Waals surface area contributed by atoms with E-state index in [2.05, 4.69) is 45.9 Å². The van der Waals surface area contributed by atoms with Crippen LogP contribution in [0.1, 0.15) is 36.1 Å². The van der Waals surface area contributed by atoms with Gasteiger partial charge in [-0.15, -0.1) is 0 Å². The highest BCUT2D eigenvalue weighted by atomic mass is 16.4. The summed E-state index contributed by atoms with van der Waals surface area (Å²) in [4.78, 5) is 24.9. The minimum Gasteiger partial charge on any atom is -0.481 e. The van der Waals surface area contributed by atoms with Gasteiger partial charge in [-0.05, 0) is 22.8 Å². The molecule has 2 aromatic rings. The molecular formula is C20H23N3O3. The Morgan fingerprint density at radius 2 is 1.96 bits per heavy atom. The summed E-state index contributed by atoms with van der Waals surface area (Å²) in [6.45, 7) is 3.76. The largest absolute Gasteiger partial charge is 0.481 e. The van der Waals surface area contributed by atoms with E-state index in [0.29, 0.717) is 12.3 Å². The lowest BCUT2D eigenvalue weighted by molar-refractivity contribution is -0.134. The molecule has 1 aromatic heterocycles. The number of carbonyl (C=O) groups excluding carboxylic acids is 1. The molecule has 6 nitrogen and oxygen atoms in total. The van der Waals surface area contributed by atoms with Gasteiger partial charge in [-0.2, -0.15) is 0 Å². The van der Waals surface area contributed by atoms with Gasteiger partial charge in [0.25, 0.3) is 5.97 Å². The highest BCUT2D eigenvalue weighted by Gasteiger charge is 2.22. The molecule has 1 aromatic carbocycles. The first-order valence-electron chi connectivity index (χ1n) is 8.78. The van der Waals surface area contributed by atoms with E-state index in [1.54, 1.807) is 0 Å². The summed E-state index contributed by atoms with van der Waals surface area (Å²) in [6, 6.07) is 10.8. The van der Waals surface area contributed by atoms with Crippen molar-refractivity contribution < 1.29 is 14.7 Å². The maximum Gasteiger partial charge on any atom is 0.300 e. The van der Waals surface area contributed by atoms with Crippen molar-refractivity contribution in [1.82, 2.24) is 15.6 Å². The number of carboxylic acid groups (broad SMARTS) is 1. The lowest BCUT2D eigenvalue weighted by Gasteiger charge is -2.17. The fourth-order valence-corrected chi connectivity index (χ4v) is 3.29. The standard InChI is InChI=1S/C18H19N3O.C2H4O2/c22-18-8-15(11-21-18)13-3-1-12(2-4-13)14-7-16-9-19-6-5-17(16)20-10-14;1-2(3)4/h1-4,7,10,15,19H,5-6,8-9,11H2,(H,21,22);1H3,(H,3,4). The molecule has 1 amide bonds. The number of fused-ring (bicyclic) bond motifs is 1. The normalized spacial score (nSPS) is 18.3. The molecule has 4 rings (SSSR count). The van der Waals surface area contributed by atoms with E-state index in [-0.39, 0.29) is 5.91 Å². The van der Waals surface area contributed by atoms with E-state index >= 15 is 0 Å². The van der Waals surface area contributed by atoms with Gasteiger partial charge in [-0.3, -0.25) is 14.6 Å². The van der Waals surface area contributed by atoms with Gasteiger partial charge in [0.15, 0.2) is 0 Å². The Labute approximate surface area is 152 Å².